The molecule has 1 N–H and O–H groups in total. The molecule has 2 aliphatic rings. The fourth-order valence-electron chi connectivity index (χ4n) is 4.62. The van der Waals surface area contributed by atoms with Crippen LogP contribution in [0.25, 0.3) is 10.9 Å². The Morgan fingerprint density at radius 1 is 1.18 bits per heavy atom. The van der Waals surface area contributed by atoms with Crippen LogP contribution < -0.4 is 14.8 Å². The molecular weight excluding hydrogens is 509 g/mol. The van der Waals surface area contributed by atoms with E-state index in [1.165, 1.54) is 18.5 Å². The predicted molar refractivity (Wildman–Crippen MR) is 146 cm³/mol. The summed E-state index contributed by atoms with van der Waals surface area (Å²) < 4.78 is 31.7. The molecule has 8 nitrogen and oxygen atoms in total. The molecule has 2 fully saturated rings. The summed E-state index contributed by atoms with van der Waals surface area (Å²) in [6, 6.07) is 11.3. The van der Waals surface area contributed by atoms with Gasteiger partial charge in [-0.2, -0.15) is 0 Å². The van der Waals surface area contributed by atoms with Crippen LogP contribution in [0.5, 0.6) is 11.5 Å². The van der Waals surface area contributed by atoms with Crippen molar-refractivity contribution in [2.45, 2.75) is 25.9 Å². The second kappa shape index (κ2) is 12.5. The van der Waals surface area contributed by atoms with E-state index in [9.17, 15) is 4.39 Å². The van der Waals surface area contributed by atoms with Crippen molar-refractivity contribution in [1.29, 1.82) is 0 Å². The zero-order chi connectivity index (χ0) is 26.3. The summed E-state index contributed by atoms with van der Waals surface area (Å²) in [5.74, 6) is 4.31. The van der Waals surface area contributed by atoms with Crippen LogP contribution in [0.1, 0.15) is 19.8 Å². The molecule has 5 rings (SSSR count). The first-order chi connectivity index (χ1) is 18.6. The zero-order valence-corrected chi connectivity index (χ0v) is 22.1. The molecular formula is C28H31ClFN5O3. The lowest BCUT2D eigenvalue weighted by atomic mass is 10.2. The van der Waals surface area contributed by atoms with Crippen LogP contribution >= 0.6 is 11.6 Å². The molecule has 10 heteroatoms. The molecule has 2 aliphatic heterocycles. The Hall–Kier alpha value is -3.32. The molecule has 0 radical (unpaired) electrons. The zero-order valence-electron chi connectivity index (χ0n) is 21.4. The second-order valence-electron chi connectivity index (χ2n) is 9.29. The first-order valence-electron chi connectivity index (χ1n) is 12.9. The van der Waals surface area contributed by atoms with Crippen molar-refractivity contribution < 1.29 is 18.6 Å². The summed E-state index contributed by atoms with van der Waals surface area (Å²) in [4.78, 5) is 13.5. The molecule has 1 atom stereocenters. The highest BCUT2D eigenvalue weighted by atomic mass is 35.5. The number of benzene rings is 2. The topological polar surface area (TPSA) is 72.0 Å². The minimum Gasteiger partial charge on any atom is -0.493 e. The normalized spacial score (nSPS) is 17.8. The Labute approximate surface area is 227 Å². The Balaban J connectivity index is 1.30. The van der Waals surface area contributed by atoms with Crippen molar-refractivity contribution in [1.82, 2.24) is 19.8 Å². The first kappa shape index (κ1) is 26.3. The van der Waals surface area contributed by atoms with E-state index in [2.05, 4.69) is 37.0 Å². The first-order valence-corrected chi connectivity index (χ1v) is 13.2. The minimum absolute atomic E-state index is 0.0279. The monoisotopic (exact) mass is 539 g/mol. The minimum atomic E-state index is -0.482. The van der Waals surface area contributed by atoms with Gasteiger partial charge in [0, 0.05) is 63.0 Å². The van der Waals surface area contributed by atoms with Crippen LogP contribution in [0.15, 0.2) is 36.7 Å². The molecule has 3 heterocycles. The van der Waals surface area contributed by atoms with E-state index in [1.807, 2.05) is 19.1 Å². The second-order valence-corrected chi connectivity index (χ2v) is 9.69. The molecule has 0 bridgehead atoms. The van der Waals surface area contributed by atoms with E-state index in [4.69, 9.17) is 25.8 Å². The lowest BCUT2D eigenvalue weighted by molar-refractivity contribution is 0.142. The van der Waals surface area contributed by atoms with Gasteiger partial charge in [0.15, 0.2) is 0 Å². The molecule has 3 aromatic rings. The number of nitrogens with zero attached hydrogens (tertiary/aromatic N) is 4. The van der Waals surface area contributed by atoms with E-state index in [1.54, 1.807) is 6.07 Å². The number of aromatic nitrogens is 2. The molecule has 0 aliphatic carbocycles. The average molecular weight is 540 g/mol. The maximum atomic E-state index is 13.7. The van der Waals surface area contributed by atoms with Crippen molar-refractivity contribution in [2.75, 3.05) is 57.9 Å². The Bertz CT molecular complexity index is 1320. The smallest absolute Gasteiger partial charge is 0.145 e. The molecule has 1 unspecified atom stereocenters. The molecule has 38 heavy (non-hydrogen) atoms. The summed E-state index contributed by atoms with van der Waals surface area (Å²) in [7, 11) is 0. The van der Waals surface area contributed by atoms with Crippen LogP contribution in [0.4, 0.5) is 15.9 Å². The number of ether oxygens (including phenoxy) is 3. The average Bonchev–Trinajstić information content (AvgIpc) is 3.43. The van der Waals surface area contributed by atoms with Gasteiger partial charge in [0.05, 0.1) is 35.7 Å². The lowest BCUT2D eigenvalue weighted by Gasteiger charge is -2.32. The number of anilines is 2. The van der Waals surface area contributed by atoms with Crippen molar-refractivity contribution in [3.63, 3.8) is 0 Å². The van der Waals surface area contributed by atoms with Gasteiger partial charge in [0.25, 0.3) is 0 Å². The van der Waals surface area contributed by atoms with Crippen molar-refractivity contribution in [3.05, 3.63) is 47.5 Å². The van der Waals surface area contributed by atoms with Crippen LogP contribution in [0, 0.1) is 17.8 Å². The van der Waals surface area contributed by atoms with Gasteiger partial charge in [-0.3, -0.25) is 4.90 Å². The highest BCUT2D eigenvalue weighted by Gasteiger charge is 2.21. The fraction of sp³-hybridized carbons (Fsp3) is 0.429. The Morgan fingerprint density at radius 3 is 2.82 bits per heavy atom. The number of halogens is 2. The van der Waals surface area contributed by atoms with E-state index >= 15 is 0 Å². The van der Waals surface area contributed by atoms with E-state index in [0.717, 1.165) is 45.6 Å². The van der Waals surface area contributed by atoms with Crippen molar-refractivity contribution in [2.24, 2.45) is 0 Å². The standard InChI is InChI=1S/C28H31ClFN5O3/c1-2-7-34-9-11-35(12-10-34)8-3-13-37-22-16-25-27(26(17-22)38-21-6-14-36-18-21)28(32-19-31-25)33-20-4-5-24(30)23(29)15-20/h4-5,15-17,19,21H,3,6,8-14,18H2,1H3,(H,31,32,33). The van der Waals surface area contributed by atoms with Crippen LogP contribution in [0.3, 0.4) is 0 Å². The summed E-state index contributed by atoms with van der Waals surface area (Å²) >= 11 is 5.98. The fourth-order valence-corrected chi connectivity index (χ4v) is 4.80. The van der Waals surface area contributed by atoms with Crippen molar-refractivity contribution >= 4 is 34.0 Å². The highest BCUT2D eigenvalue weighted by Crippen LogP contribution is 2.37. The summed E-state index contributed by atoms with van der Waals surface area (Å²) in [6.07, 6.45) is 3.11. The number of hydrogen-bond donors (Lipinski definition) is 1. The van der Waals surface area contributed by atoms with Crippen LogP contribution in [0.2, 0.25) is 5.02 Å². The predicted octanol–water partition coefficient (Wildman–Crippen LogP) is 4.70. The van der Waals surface area contributed by atoms with Gasteiger partial charge in [-0.05, 0) is 31.5 Å². The van der Waals surface area contributed by atoms with E-state index < -0.39 is 5.82 Å². The van der Waals surface area contributed by atoms with Gasteiger partial charge in [-0.1, -0.05) is 17.5 Å². The van der Waals surface area contributed by atoms with Gasteiger partial charge in [-0.15, -0.1) is 0 Å². The Kier molecular flexibility index (Phi) is 8.64. The molecule has 0 saturated carbocycles. The lowest BCUT2D eigenvalue weighted by Crippen LogP contribution is -2.44. The molecule has 0 spiro atoms. The van der Waals surface area contributed by atoms with Crippen LogP contribution in [-0.2, 0) is 4.74 Å². The maximum absolute atomic E-state index is 13.7. The summed E-state index contributed by atoms with van der Waals surface area (Å²) in [5.41, 5.74) is 1.28. The number of hydrogen-bond acceptors (Lipinski definition) is 8. The maximum Gasteiger partial charge on any atom is 0.145 e. The van der Waals surface area contributed by atoms with E-state index in [0.29, 0.717) is 53.7 Å². The van der Waals surface area contributed by atoms with Gasteiger partial charge in [0.2, 0.25) is 0 Å². The summed E-state index contributed by atoms with van der Waals surface area (Å²) in [5, 5.41) is 3.96. The number of rotatable bonds is 9. The molecule has 200 valence electrons. The van der Waals surface area contributed by atoms with Gasteiger partial charge >= 0.3 is 0 Å². The molecule has 0 amide bonds. The molecule has 2 saturated heterocycles. The van der Waals surface area contributed by atoms with Crippen molar-refractivity contribution in [3.8, 4) is 23.5 Å². The molecule has 2 aromatic carbocycles. The highest BCUT2D eigenvalue weighted by molar-refractivity contribution is 6.31. The van der Waals surface area contributed by atoms with Gasteiger partial charge in [0.1, 0.15) is 35.6 Å². The summed E-state index contributed by atoms with van der Waals surface area (Å²) in [6.45, 7) is 8.57. The third-order valence-electron chi connectivity index (χ3n) is 6.57. The van der Waals surface area contributed by atoms with E-state index in [-0.39, 0.29) is 11.1 Å². The molecule has 1 aromatic heterocycles. The number of fused-ring (bicyclic) bond motifs is 1. The third kappa shape index (κ3) is 6.57. The largest absolute Gasteiger partial charge is 0.493 e. The van der Waals surface area contributed by atoms with Gasteiger partial charge < -0.3 is 24.4 Å². The number of nitrogens with one attached hydrogen (secondary N) is 1. The Morgan fingerprint density at radius 2 is 2.05 bits per heavy atom. The number of piperazine rings is 1. The third-order valence-corrected chi connectivity index (χ3v) is 6.86. The van der Waals surface area contributed by atoms with Gasteiger partial charge in [-0.25, -0.2) is 14.4 Å². The van der Waals surface area contributed by atoms with Crippen LogP contribution in [-0.4, -0.2) is 78.4 Å². The SMILES string of the molecule is CC#CN1CCN(CCCOc2cc(OC3CCOC3)c3c(Nc4ccc(F)c(Cl)c4)ncnc3c2)CC1. The quantitative estimate of drug-likeness (QED) is 0.310.